The van der Waals surface area contributed by atoms with E-state index < -0.39 is 0 Å². The number of methoxy groups -OCH3 is 1. The third kappa shape index (κ3) is 4.64. The first-order valence-corrected chi connectivity index (χ1v) is 10.8. The number of carbonyl (C=O) groups excluding carboxylic acids is 1. The third-order valence-electron chi connectivity index (χ3n) is 5.37. The Bertz CT molecular complexity index is 1110. The van der Waals surface area contributed by atoms with Gasteiger partial charge in [0, 0.05) is 29.9 Å². The van der Waals surface area contributed by atoms with Crippen molar-refractivity contribution < 1.29 is 23.8 Å². The lowest BCUT2D eigenvalue weighted by molar-refractivity contribution is 0.0579. The maximum absolute atomic E-state index is 13.2. The van der Waals surface area contributed by atoms with E-state index in [1.165, 1.54) is 7.11 Å². The number of hydrogen-bond acceptors (Lipinski definition) is 8. The summed E-state index contributed by atoms with van der Waals surface area (Å²) < 4.78 is 16.9. The minimum Gasteiger partial charge on any atom is -0.493 e. The minimum atomic E-state index is -0.291. The first kappa shape index (κ1) is 22.3. The molecule has 0 bridgehead atoms. The number of anilines is 1. The molecule has 1 amide bonds. The molecule has 1 aromatic carbocycles. The van der Waals surface area contributed by atoms with Crippen LogP contribution in [0.3, 0.4) is 0 Å². The number of aliphatic hydroxyl groups is 1. The number of benzene rings is 1. The van der Waals surface area contributed by atoms with Gasteiger partial charge in [-0.1, -0.05) is 11.6 Å². The molecule has 2 unspecified atom stereocenters. The van der Waals surface area contributed by atoms with Gasteiger partial charge in [-0.3, -0.25) is 9.78 Å². The summed E-state index contributed by atoms with van der Waals surface area (Å²) in [7, 11) is 1.51. The molecule has 2 N–H and O–H groups in total. The van der Waals surface area contributed by atoms with E-state index in [0.29, 0.717) is 53.6 Å². The number of likely N-dealkylation sites (tertiary alicyclic amines) is 1. The number of halogens is 1. The zero-order chi connectivity index (χ0) is 22.7. The lowest BCUT2D eigenvalue weighted by atomic mass is 10.1. The molecule has 32 heavy (non-hydrogen) atoms. The fourth-order valence-corrected chi connectivity index (χ4v) is 4.06. The van der Waals surface area contributed by atoms with Crippen LogP contribution < -0.4 is 10.1 Å². The van der Waals surface area contributed by atoms with Crippen molar-refractivity contribution in [2.45, 2.75) is 32.0 Å². The van der Waals surface area contributed by atoms with Crippen molar-refractivity contribution in [3.8, 4) is 5.75 Å². The summed E-state index contributed by atoms with van der Waals surface area (Å²) in [4.78, 5) is 23.6. The number of aromatic nitrogens is 2. The number of amides is 1. The van der Waals surface area contributed by atoms with Gasteiger partial charge in [-0.2, -0.15) is 4.98 Å². The van der Waals surface area contributed by atoms with Crippen LogP contribution >= 0.6 is 11.6 Å². The summed E-state index contributed by atoms with van der Waals surface area (Å²) in [6.07, 6.45) is 2.14. The van der Waals surface area contributed by atoms with Crippen LogP contribution in [-0.2, 0) is 11.3 Å². The van der Waals surface area contributed by atoms with Crippen LogP contribution in [0.2, 0.25) is 5.02 Å². The Morgan fingerprint density at radius 3 is 2.97 bits per heavy atom. The van der Waals surface area contributed by atoms with Crippen molar-refractivity contribution in [2.75, 3.05) is 32.2 Å². The average Bonchev–Trinajstić information content (AvgIpc) is 3.40. The Balaban J connectivity index is 1.57. The van der Waals surface area contributed by atoms with Gasteiger partial charge in [0.1, 0.15) is 5.52 Å². The highest BCUT2D eigenvalue weighted by molar-refractivity contribution is 6.30. The van der Waals surface area contributed by atoms with Crippen LogP contribution in [0.25, 0.3) is 11.1 Å². The molecule has 9 nitrogen and oxygen atoms in total. The van der Waals surface area contributed by atoms with Crippen molar-refractivity contribution in [1.82, 2.24) is 14.9 Å². The molecule has 1 aliphatic rings. The fraction of sp³-hybridized carbons (Fsp3) is 0.409. The first-order valence-electron chi connectivity index (χ1n) is 10.4. The first-order chi connectivity index (χ1) is 15.5. The van der Waals surface area contributed by atoms with Crippen molar-refractivity contribution in [1.29, 1.82) is 0 Å². The van der Waals surface area contributed by atoms with Crippen molar-refractivity contribution >= 4 is 34.6 Å². The molecule has 3 heterocycles. The summed E-state index contributed by atoms with van der Waals surface area (Å²) in [6.45, 7) is 3.15. The van der Waals surface area contributed by atoms with E-state index in [9.17, 15) is 9.90 Å². The van der Waals surface area contributed by atoms with Gasteiger partial charge in [0.15, 0.2) is 11.3 Å². The summed E-state index contributed by atoms with van der Waals surface area (Å²) in [5, 5.41) is 13.4. The highest BCUT2D eigenvalue weighted by atomic mass is 35.5. The quantitative estimate of drug-likeness (QED) is 0.527. The van der Waals surface area contributed by atoms with E-state index in [-0.39, 0.29) is 30.7 Å². The summed E-state index contributed by atoms with van der Waals surface area (Å²) in [5.74, 6) is 0.181. The number of pyridine rings is 1. The maximum atomic E-state index is 13.2. The molecule has 1 aliphatic heterocycles. The van der Waals surface area contributed by atoms with Gasteiger partial charge < -0.3 is 29.2 Å². The normalized spacial score (nSPS) is 18.3. The lowest BCUT2D eigenvalue weighted by Gasteiger charge is -2.23. The van der Waals surface area contributed by atoms with Crippen molar-refractivity contribution in [3.05, 3.63) is 46.7 Å². The standard InChI is InChI=1S/C22H25ClN4O5/c1-3-31-17-9-16(12-28)27(11-17)21(29)13-6-18-20(19(7-13)30-2)32-22(26-18)25-10-15-8-14(23)4-5-24-15/h4-8,16-17,28H,3,9-12H2,1-2H3,(H,25,26). The van der Waals surface area contributed by atoms with E-state index in [1.54, 1.807) is 35.4 Å². The molecule has 4 rings (SSSR count). The van der Waals surface area contributed by atoms with Gasteiger partial charge in [0.25, 0.3) is 11.9 Å². The number of nitrogens with one attached hydrogen (secondary N) is 1. The predicted octanol–water partition coefficient (Wildman–Crippen LogP) is 3.11. The molecule has 3 aromatic rings. The number of carbonyl (C=O) groups is 1. The molecule has 170 valence electrons. The van der Waals surface area contributed by atoms with E-state index in [4.69, 9.17) is 25.5 Å². The minimum absolute atomic E-state index is 0.0883. The van der Waals surface area contributed by atoms with Crippen LogP contribution in [0, 0.1) is 0 Å². The fourth-order valence-electron chi connectivity index (χ4n) is 3.88. The number of aliphatic hydroxyl groups excluding tert-OH is 1. The van der Waals surface area contributed by atoms with E-state index in [1.807, 2.05) is 6.92 Å². The summed E-state index contributed by atoms with van der Waals surface area (Å²) in [5.41, 5.74) is 2.05. The number of oxazole rings is 1. The zero-order valence-electron chi connectivity index (χ0n) is 17.9. The van der Waals surface area contributed by atoms with Crippen LogP contribution in [0.4, 0.5) is 6.01 Å². The largest absolute Gasteiger partial charge is 0.493 e. The average molecular weight is 461 g/mol. The second kappa shape index (κ2) is 9.72. The van der Waals surface area contributed by atoms with E-state index >= 15 is 0 Å². The second-order valence-corrected chi connectivity index (χ2v) is 7.91. The molecule has 0 saturated carbocycles. The van der Waals surface area contributed by atoms with Gasteiger partial charge in [0.2, 0.25) is 0 Å². The van der Waals surface area contributed by atoms with Crippen LogP contribution in [0.5, 0.6) is 5.75 Å². The second-order valence-electron chi connectivity index (χ2n) is 7.47. The number of fused-ring (bicyclic) bond motifs is 1. The predicted molar refractivity (Wildman–Crippen MR) is 119 cm³/mol. The molecule has 2 atom stereocenters. The number of ether oxygens (including phenoxy) is 2. The van der Waals surface area contributed by atoms with Gasteiger partial charge in [-0.05, 0) is 37.6 Å². The molecule has 0 radical (unpaired) electrons. The van der Waals surface area contributed by atoms with Crippen LogP contribution in [0.1, 0.15) is 29.4 Å². The molecule has 10 heteroatoms. The highest BCUT2D eigenvalue weighted by Gasteiger charge is 2.36. The van der Waals surface area contributed by atoms with Crippen molar-refractivity contribution in [2.24, 2.45) is 0 Å². The van der Waals surface area contributed by atoms with E-state index in [2.05, 4.69) is 15.3 Å². The van der Waals surface area contributed by atoms with E-state index in [0.717, 1.165) is 5.69 Å². The van der Waals surface area contributed by atoms with Gasteiger partial charge in [-0.25, -0.2) is 0 Å². The smallest absolute Gasteiger partial charge is 0.296 e. The molecular weight excluding hydrogens is 436 g/mol. The van der Waals surface area contributed by atoms with Crippen molar-refractivity contribution in [3.63, 3.8) is 0 Å². The summed E-state index contributed by atoms with van der Waals surface area (Å²) >= 11 is 6.00. The van der Waals surface area contributed by atoms with Gasteiger partial charge in [-0.15, -0.1) is 0 Å². The molecule has 0 aliphatic carbocycles. The van der Waals surface area contributed by atoms with Crippen LogP contribution in [-0.4, -0.2) is 64.9 Å². The molecule has 1 saturated heterocycles. The Kier molecular flexibility index (Phi) is 6.78. The molecule has 1 fully saturated rings. The highest BCUT2D eigenvalue weighted by Crippen LogP contribution is 2.32. The maximum Gasteiger partial charge on any atom is 0.296 e. The van der Waals surface area contributed by atoms with Crippen LogP contribution in [0.15, 0.2) is 34.9 Å². The monoisotopic (exact) mass is 460 g/mol. The molecule has 2 aromatic heterocycles. The number of hydrogen-bond donors (Lipinski definition) is 2. The zero-order valence-corrected chi connectivity index (χ0v) is 18.6. The van der Waals surface area contributed by atoms with Gasteiger partial charge >= 0.3 is 0 Å². The Morgan fingerprint density at radius 2 is 2.25 bits per heavy atom. The topological polar surface area (TPSA) is 110 Å². The molecular formula is C22H25ClN4O5. The number of rotatable bonds is 8. The summed E-state index contributed by atoms with van der Waals surface area (Å²) in [6, 6.07) is 6.72. The number of nitrogens with zero attached hydrogens (tertiary/aromatic N) is 3. The Hall–Kier alpha value is -2.88. The SMILES string of the molecule is CCOC1CC(CO)N(C(=O)c2cc(OC)c3oc(NCc4cc(Cl)ccn4)nc3c2)C1. The molecule has 0 spiro atoms. The third-order valence-corrected chi connectivity index (χ3v) is 5.61. The van der Waals surface area contributed by atoms with Gasteiger partial charge in [0.05, 0.1) is 38.1 Å². The Morgan fingerprint density at radius 1 is 1.41 bits per heavy atom. The Labute approximate surface area is 190 Å². The lowest BCUT2D eigenvalue weighted by Crippen LogP contribution is -2.38.